The van der Waals surface area contributed by atoms with Crippen LogP contribution in [0.4, 0.5) is 0 Å². The molecular formula is C15H21N. The molecule has 0 aliphatic carbocycles. The molecule has 1 rings (SSSR count). The molecule has 1 nitrogen and oxygen atoms in total. The van der Waals surface area contributed by atoms with Crippen molar-refractivity contribution in [1.82, 2.24) is 5.32 Å². The SMILES string of the molecule is C=CCCC(CC=C)NCc1ccccc1. The summed E-state index contributed by atoms with van der Waals surface area (Å²) in [6.45, 7) is 8.48. The highest BCUT2D eigenvalue weighted by molar-refractivity contribution is 5.14. The van der Waals surface area contributed by atoms with Crippen molar-refractivity contribution in [1.29, 1.82) is 0 Å². The molecule has 0 fully saturated rings. The average Bonchev–Trinajstić information content (AvgIpc) is 2.34. The molecule has 0 aromatic heterocycles. The van der Waals surface area contributed by atoms with Crippen LogP contribution in [-0.4, -0.2) is 6.04 Å². The van der Waals surface area contributed by atoms with Crippen LogP contribution in [0.5, 0.6) is 0 Å². The summed E-state index contributed by atoms with van der Waals surface area (Å²) in [4.78, 5) is 0. The van der Waals surface area contributed by atoms with Gasteiger partial charge in [-0.2, -0.15) is 0 Å². The fourth-order valence-electron chi connectivity index (χ4n) is 1.68. The van der Waals surface area contributed by atoms with Crippen molar-refractivity contribution in [2.24, 2.45) is 0 Å². The van der Waals surface area contributed by atoms with Crippen LogP contribution in [0.25, 0.3) is 0 Å². The number of hydrogen-bond acceptors (Lipinski definition) is 1. The Labute approximate surface area is 98.9 Å². The molecule has 1 N–H and O–H groups in total. The molecule has 0 spiro atoms. The third-order valence-corrected chi connectivity index (χ3v) is 2.61. The van der Waals surface area contributed by atoms with Gasteiger partial charge in [-0.3, -0.25) is 0 Å². The number of hydrogen-bond donors (Lipinski definition) is 1. The molecule has 1 unspecified atom stereocenters. The van der Waals surface area contributed by atoms with E-state index >= 15 is 0 Å². The van der Waals surface area contributed by atoms with Gasteiger partial charge >= 0.3 is 0 Å². The summed E-state index contributed by atoms with van der Waals surface area (Å²) >= 11 is 0. The van der Waals surface area contributed by atoms with Gasteiger partial charge in [0, 0.05) is 12.6 Å². The summed E-state index contributed by atoms with van der Waals surface area (Å²) < 4.78 is 0. The van der Waals surface area contributed by atoms with E-state index in [2.05, 4.69) is 42.7 Å². The molecule has 0 bridgehead atoms. The fourth-order valence-corrected chi connectivity index (χ4v) is 1.68. The maximum atomic E-state index is 3.80. The highest BCUT2D eigenvalue weighted by Crippen LogP contribution is 2.05. The summed E-state index contributed by atoms with van der Waals surface area (Å²) in [5.41, 5.74) is 1.33. The van der Waals surface area contributed by atoms with Crippen molar-refractivity contribution in [2.75, 3.05) is 0 Å². The van der Waals surface area contributed by atoms with Crippen LogP contribution in [-0.2, 0) is 6.54 Å². The van der Waals surface area contributed by atoms with Crippen molar-refractivity contribution >= 4 is 0 Å². The summed E-state index contributed by atoms with van der Waals surface area (Å²) in [6, 6.07) is 11.0. The molecular weight excluding hydrogens is 194 g/mol. The zero-order chi connectivity index (χ0) is 11.6. The first-order chi connectivity index (χ1) is 7.86. The van der Waals surface area contributed by atoms with Crippen LogP contribution in [0, 0.1) is 0 Å². The van der Waals surface area contributed by atoms with Gasteiger partial charge in [-0.1, -0.05) is 42.5 Å². The minimum Gasteiger partial charge on any atom is -0.310 e. The van der Waals surface area contributed by atoms with Crippen LogP contribution < -0.4 is 5.32 Å². The van der Waals surface area contributed by atoms with E-state index in [1.807, 2.05) is 18.2 Å². The van der Waals surface area contributed by atoms with Crippen molar-refractivity contribution in [3.63, 3.8) is 0 Å². The molecule has 0 saturated heterocycles. The molecule has 0 heterocycles. The third kappa shape index (κ3) is 4.94. The second-order valence-corrected chi connectivity index (χ2v) is 3.95. The number of rotatable bonds is 8. The summed E-state index contributed by atoms with van der Waals surface area (Å²) in [7, 11) is 0. The zero-order valence-electron chi connectivity index (χ0n) is 9.86. The van der Waals surface area contributed by atoms with Crippen molar-refractivity contribution in [3.8, 4) is 0 Å². The van der Waals surface area contributed by atoms with E-state index in [0.717, 1.165) is 25.8 Å². The first-order valence-electron chi connectivity index (χ1n) is 5.86. The first-order valence-corrected chi connectivity index (χ1v) is 5.86. The Morgan fingerprint density at radius 1 is 1.12 bits per heavy atom. The normalized spacial score (nSPS) is 12.0. The van der Waals surface area contributed by atoms with E-state index in [9.17, 15) is 0 Å². The standard InChI is InChI=1S/C15H21N/c1-3-5-12-15(9-4-2)16-13-14-10-7-6-8-11-14/h3-4,6-8,10-11,15-16H,1-2,5,9,12-13H2. The van der Waals surface area contributed by atoms with Crippen LogP contribution in [0.2, 0.25) is 0 Å². The molecule has 16 heavy (non-hydrogen) atoms. The minimum atomic E-state index is 0.510. The van der Waals surface area contributed by atoms with Gasteiger partial charge in [0.25, 0.3) is 0 Å². The Hall–Kier alpha value is -1.34. The molecule has 1 atom stereocenters. The summed E-state index contributed by atoms with van der Waals surface area (Å²) in [6.07, 6.45) is 7.15. The molecule has 0 radical (unpaired) electrons. The van der Waals surface area contributed by atoms with Gasteiger partial charge in [0.1, 0.15) is 0 Å². The van der Waals surface area contributed by atoms with Gasteiger partial charge in [-0.05, 0) is 24.8 Å². The Bertz CT molecular complexity index is 302. The Kier molecular flexibility index (Phi) is 6.28. The number of benzene rings is 1. The van der Waals surface area contributed by atoms with E-state index in [1.165, 1.54) is 5.56 Å². The van der Waals surface area contributed by atoms with Gasteiger partial charge in [0.2, 0.25) is 0 Å². The molecule has 0 aliphatic heterocycles. The lowest BCUT2D eigenvalue weighted by molar-refractivity contribution is 0.487. The lowest BCUT2D eigenvalue weighted by Crippen LogP contribution is -2.27. The predicted octanol–water partition coefficient (Wildman–Crippen LogP) is 3.69. The van der Waals surface area contributed by atoms with Crippen molar-refractivity contribution < 1.29 is 0 Å². The Balaban J connectivity index is 2.36. The highest BCUT2D eigenvalue weighted by Gasteiger charge is 2.04. The van der Waals surface area contributed by atoms with E-state index in [-0.39, 0.29) is 0 Å². The monoisotopic (exact) mass is 215 g/mol. The lowest BCUT2D eigenvalue weighted by atomic mass is 10.1. The molecule has 1 aromatic rings. The topological polar surface area (TPSA) is 12.0 Å². The smallest absolute Gasteiger partial charge is 0.0208 e. The van der Waals surface area contributed by atoms with E-state index < -0.39 is 0 Å². The summed E-state index contributed by atoms with van der Waals surface area (Å²) in [5, 5.41) is 3.55. The Morgan fingerprint density at radius 3 is 2.50 bits per heavy atom. The predicted molar refractivity (Wildman–Crippen MR) is 71.3 cm³/mol. The Morgan fingerprint density at radius 2 is 1.88 bits per heavy atom. The van der Waals surface area contributed by atoms with Crippen LogP contribution in [0.3, 0.4) is 0 Å². The molecule has 0 saturated carbocycles. The molecule has 86 valence electrons. The molecule has 1 heteroatoms. The lowest BCUT2D eigenvalue weighted by Gasteiger charge is -2.16. The van der Waals surface area contributed by atoms with E-state index in [4.69, 9.17) is 0 Å². The van der Waals surface area contributed by atoms with Gasteiger partial charge in [0.05, 0.1) is 0 Å². The van der Waals surface area contributed by atoms with Gasteiger partial charge in [-0.25, -0.2) is 0 Å². The van der Waals surface area contributed by atoms with Gasteiger partial charge in [0.15, 0.2) is 0 Å². The maximum Gasteiger partial charge on any atom is 0.0208 e. The molecule has 0 aliphatic rings. The van der Waals surface area contributed by atoms with Gasteiger partial charge < -0.3 is 5.32 Å². The van der Waals surface area contributed by atoms with Crippen molar-refractivity contribution in [2.45, 2.75) is 31.8 Å². The van der Waals surface area contributed by atoms with Crippen molar-refractivity contribution in [3.05, 3.63) is 61.2 Å². The second kappa shape index (κ2) is 7.89. The first kappa shape index (κ1) is 12.7. The van der Waals surface area contributed by atoms with E-state index in [0.29, 0.717) is 6.04 Å². The average molecular weight is 215 g/mol. The van der Waals surface area contributed by atoms with Crippen LogP contribution in [0.1, 0.15) is 24.8 Å². The third-order valence-electron chi connectivity index (χ3n) is 2.61. The van der Waals surface area contributed by atoms with E-state index in [1.54, 1.807) is 0 Å². The van der Waals surface area contributed by atoms with Gasteiger partial charge in [-0.15, -0.1) is 13.2 Å². The fraction of sp³-hybridized carbons (Fsp3) is 0.333. The summed E-state index contributed by atoms with van der Waals surface area (Å²) in [5.74, 6) is 0. The maximum absolute atomic E-state index is 3.80. The molecule has 1 aromatic carbocycles. The highest BCUT2D eigenvalue weighted by atomic mass is 14.9. The zero-order valence-corrected chi connectivity index (χ0v) is 9.86. The minimum absolute atomic E-state index is 0.510. The number of allylic oxidation sites excluding steroid dienone is 1. The van der Waals surface area contributed by atoms with Crippen LogP contribution >= 0.6 is 0 Å². The molecule has 0 amide bonds. The van der Waals surface area contributed by atoms with Crippen LogP contribution in [0.15, 0.2) is 55.6 Å². The largest absolute Gasteiger partial charge is 0.310 e. The quantitative estimate of drug-likeness (QED) is 0.652. The second-order valence-electron chi connectivity index (χ2n) is 3.95. The number of nitrogens with one attached hydrogen (secondary N) is 1.